The molecule has 0 saturated carbocycles. The fourth-order valence-corrected chi connectivity index (χ4v) is 4.70. The minimum atomic E-state index is -0.287. The largest absolute Gasteiger partial charge is 0.332 e. The number of benzene rings is 3. The van der Waals surface area contributed by atoms with Crippen molar-refractivity contribution in [1.82, 2.24) is 10.3 Å². The van der Waals surface area contributed by atoms with E-state index in [4.69, 9.17) is 12.2 Å². The van der Waals surface area contributed by atoms with Gasteiger partial charge in [0.2, 0.25) is 5.91 Å². The van der Waals surface area contributed by atoms with Crippen molar-refractivity contribution in [1.29, 1.82) is 0 Å². The SMILES string of the molecule is CCC(=O)Nc1nc2ccc(NC(=S)NC(=O)c3cccc4c(Br)cccc34)cc2s1. The number of fused-ring (bicyclic) bond motifs is 2. The Kier molecular flexibility index (Phi) is 6.26. The fraction of sp³-hybridized carbons (Fsp3) is 0.0909. The number of carbonyl (C=O) groups excluding carboxylic acids is 2. The van der Waals surface area contributed by atoms with Gasteiger partial charge in [-0.25, -0.2) is 4.98 Å². The smallest absolute Gasteiger partial charge is 0.258 e. The van der Waals surface area contributed by atoms with Crippen LogP contribution in [-0.4, -0.2) is 21.9 Å². The predicted molar refractivity (Wildman–Crippen MR) is 134 cm³/mol. The molecule has 2 amide bonds. The van der Waals surface area contributed by atoms with E-state index >= 15 is 0 Å². The molecule has 4 aromatic rings. The summed E-state index contributed by atoms with van der Waals surface area (Å²) >= 11 is 10.2. The molecule has 0 saturated heterocycles. The van der Waals surface area contributed by atoms with Gasteiger partial charge < -0.3 is 10.6 Å². The van der Waals surface area contributed by atoms with Crippen LogP contribution < -0.4 is 16.0 Å². The number of nitrogens with zero attached hydrogens (tertiary/aromatic N) is 1. The number of hydrogen-bond donors (Lipinski definition) is 3. The molecule has 6 nitrogen and oxygen atoms in total. The topological polar surface area (TPSA) is 83.1 Å². The molecule has 0 atom stereocenters. The summed E-state index contributed by atoms with van der Waals surface area (Å²) in [5.74, 6) is -0.369. The second-order valence-electron chi connectivity index (χ2n) is 6.65. The van der Waals surface area contributed by atoms with Gasteiger partial charge in [-0.2, -0.15) is 0 Å². The van der Waals surface area contributed by atoms with Gasteiger partial charge in [0.25, 0.3) is 5.91 Å². The van der Waals surface area contributed by atoms with Crippen molar-refractivity contribution in [3.05, 3.63) is 64.6 Å². The third-order valence-corrected chi connectivity index (χ3v) is 6.38. The average molecular weight is 513 g/mol. The van der Waals surface area contributed by atoms with Gasteiger partial charge in [-0.1, -0.05) is 58.5 Å². The van der Waals surface area contributed by atoms with Gasteiger partial charge in [0.1, 0.15) is 0 Å². The van der Waals surface area contributed by atoms with Crippen LogP contribution >= 0.6 is 39.5 Å². The van der Waals surface area contributed by atoms with E-state index in [9.17, 15) is 9.59 Å². The zero-order valence-corrected chi connectivity index (χ0v) is 19.6. The summed E-state index contributed by atoms with van der Waals surface area (Å²) in [4.78, 5) is 28.8. The number of aromatic nitrogens is 1. The van der Waals surface area contributed by atoms with Crippen LogP contribution in [0.25, 0.3) is 21.0 Å². The van der Waals surface area contributed by atoms with Crippen molar-refractivity contribution < 1.29 is 9.59 Å². The van der Waals surface area contributed by atoms with E-state index in [2.05, 4.69) is 36.9 Å². The van der Waals surface area contributed by atoms with Crippen molar-refractivity contribution in [2.24, 2.45) is 0 Å². The Balaban J connectivity index is 1.48. The lowest BCUT2D eigenvalue weighted by Gasteiger charge is -2.11. The molecular weight excluding hydrogens is 496 g/mol. The van der Waals surface area contributed by atoms with Crippen molar-refractivity contribution in [2.45, 2.75) is 13.3 Å². The summed E-state index contributed by atoms with van der Waals surface area (Å²) in [5.41, 5.74) is 2.03. The number of thiocarbonyl (C=S) groups is 1. The van der Waals surface area contributed by atoms with E-state index in [1.54, 1.807) is 13.0 Å². The highest BCUT2D eigenvalue weighted by Crippen LogP contribution is 2.29. The van der Waals surface area contributed by atoms with Crippen LogP contribution in [0.15, 0.2) is 59.1 Å². The Morgan fingerprint density at radius 1 is 1.06 bits per heavy atom. The van der Waals surface area contributed by atoms with E-state index < -0.39 is 0 Å². The van der Waals surface area contributed by atoms with Crippen LogP contribution in [0.4, 0.5) is 10.8 Å². The molecule has 0 unspecified atom stereocenters. The number of amides is 2. The maximum absolute atomic E-state index is 12.8. The second kappa shape index (κ2) is 9.09. The zero-order valence-electron chi connectivity index (χ0n) is 16.4. The number of rotatable bonds is 4. The lowest BCUT2D eigenvalue weighted by atomic mass is 10.0. The Bertz CT molecular complexity index is 1340. The van der Waals surface area contributed by atoms with Crippen molar-refractivity contribution in [3.8, 4) is 0 Å². The first-order valence-corrected chi connectivity index (χ1v) is 11.5. The summed E-state index contributed by atoms with van der Waals surface area (Å²) < 4.78 is 1.82. The summed E-state index contributed by atoms with van der Waals surface area (Å²) in [5, 5.41) is 11.1. The fourth-order valence-electron chi connectivity index (χ4n) is 3.07. The normalized spacial score (nSPS) is 10.8. The first kappa shape index (κ1) is 21.4. The van der Waals surface area contributed by atoms with E-state index in [-0.39, 0.29) is 16.9 Å². The molecule has 3 N–H and O–H groups in total. The molecule has 31 heavy (non-hydrogen) atoms. The first-order chi connectivity index (χ1) is 14.9. The van der Waals surface area contributed by atoms with Crippen LogP contribution in [0.2, 0.25) is 0 Å². The molecule has 0 aliphatic heterocycles. The molecule has 156 valence electrons. The number of nitrogens with one attached hydrogen (secondary N) is 3. The van der Waals surface area contributed by atoms with Gasteiger partial charge in [0, 0.05) is 22.1 Å². The molecule has 0 fully saturated rings. The molecule has 0 aliphatic carbocycles. The van der Waals surface area contributed by atoms with Crippen LogP contribution in [0, 0.1) is 0 Å². The molecule has 0 spiro atoms. The molecule has 0 radical (unpaired) electrons. The summed E-state index contributed by atoms with van der Waals surface area (Å²) in [6.07, 6.45) is 0.393. The van der Waals surface area contributed by atoms with Gasteiger partial charge in [0.05, 0.1) is 10.2 Å². The van der Waals surface area contributed by atoms with E-state index in [1.165, 1.54) is 11.3 Å². The van der Waals surface area contributed by atoms with E-state index in [1.807, 2.05) is 48.5 Å². The minimum absolute atomic E-state index is 0.0817. The van der Waals surface area contributed by atoms with Crippen molar-refractivity contribution in [2.75, 3.05) is 10.6 Å². The quantitative estimate of drug-likeness (QED) is 0.306. The van der Waals surface area contributed by atoms with Crippen LogP contribution in [-0.2, 0) is 4.79 Å². The van der Waals surface area contributed by atoms with Crippen molar-refractivity contribution in [3.63, 3.8) is 0 Å². The Hall–Kier alpha value is -2.88. The monoisotopic (exact) mass is 512 g/mol. The molecule has 4 rings (SSSR count). The number of hydrogen-bond acceptors (Lipinski definition) is 5. The van der Waals surface area contributed by atoms with E-state index in [0.29, 0.717) is 17.1 Å². The summed E-state index contributed by atoms with van der Waals surface area (Å²) in [6.45, 7) is 1.79. The highest BCUT2D eigenvalue weighted by molar-refractivity contribution is 9.10. The lowest BCUT2D eigenvalue weighted by molar-refractivity contribution is -0.115. The lowest BCUT2D eigenvalue weighted by Crippen LogP contribution is -2.34. The summed E-state index contributed by atoms with van der Waals surface area (Å²) in [7, 11) is 0. The van der Waals surface area contributed by atoms with Crippen molar-refractivity contribution >= 4 is 88.2 Å². The standard InChI is InChI=1S/C22H17BrN4O2S2/c1-2-19(28)26-22-25-17-10-9-12(11-18(17)31-22)24-21(30)27-20(29)15-7-3-6-14-13(15)5-4-8-16(14)23/h3-11H,2H2,1H3,(H,25,26,28)(H2,24,27,29,30). The third-order valence-electron chi connectivity index (χ3n) is 4.55. The van der Waals surface area contributed by atoms with Gasteiger partial charge in [0.15, 0.2) is 10.2 Å². The maximum atomic E-state index is 12.8. The number of carbonyl (C=O) groups is 2. The zero-order chi connectivity index (χ0) is 22.0. The first-order valence-electron chi connectivity index (χ1n) is 9.44. The predicted octanol–water partition coefficient (Wildman–Crippen LogP) is 5.69. The summed E-state index contributed by atoms with van der Waals surface area (Å²) in [6, 6.07) is 16.8. The number of anilines is 2. The highest BCUT2D eigenvalue weighted by Gasteiger charge is 2.13. The minimum Gasteiger partial charge on any atom is -0.332 e. The average Bonchev–Trinajstić information content (AvgIpc) is 3.14. The molecule has 3 aromatic carbocycles. The van der Waals surface area contributed by atoms with Gasteiger partial charge in [-0.15, -0.1) is 0 Å². The van der Waals surface area contributed by atoms with Crippen LogP contribution in [0.1, 0.15) is 23.7 Å². The number of halogens is 1. The molecular formula is C22H17BrN4O2S2. The molecule has 0 aliphatic rings. The third kappa shape index (κ3) is 4.73. The number of thiazole rings is 1. The molecule has 9 heteroatoms. The van der Waals surface area contributed by atoms with Crippen LogP contribution in [0.3, 0.4) is 0 Å². The highest BCUT2D eigenvalue weighted by atomic mass is 79.9. The Labute approximate surface area is 196 Å². The van der Waals surface area contributed by atoms with Gasteiger partial charge in [-0.05, 0) is 53.3 Å². The maximum Gasteiger partial charge on any atom is 0.258 e. The Morgan fingerprint density at radius 2 is 1.84 bits per heavy atom. The van der Waals surface area contributed by atoms with Gasteiger partial charge >= 0.3 is 0 Å². The van der Waals surface area contributed by atoms with Gasteiger partial charge in [-0.3, -0.25) is 14.9 Å². The van der Waals surface area contributed by atoms with E-state index in [0.717, 1.165) is 31.1 Å². The molecule has 1 aromatic heterocycles. The van der Waals surface area contributed by atoms with Crippen LogP contribution in [0.5, 0.6) is 0 Å². The Morgan fingerprint density at radius 3 is 2.65 bits per heavy atom. The molecule has 0 bridgehead atoms. The molecule has 1 heterocycles. The second-order valence-corrected chi connectivity index (χ2v) is 8.95.